The maximum absolute atomic E-state index is 12.9. The third-order valence-electron chi connectivity index (χ3n) is 8.27. The summed E-state index contributed by atoms with van der Waals surface area (Å²) in [6, 6.07) is 6.72. The molecule has 0 radical (unpaired) electrons. The molecular weight excluding hydrogens is 614 g/mol. The summed E-state index contributed by atoms with van der Waals surface area (Å²) in [7, 11) is 1.55. The predicted octanol–water partition coefficient (Wildman–Crippen LogP) is 1.13. The highest BCUT2D eigenvalue weighted by Gasteiger charge is 2.50. The Morgan fingerprint density at radius 3 is 2.26 bits per heavy atom. The van der Waals surface area contributed by atoms with Gasteiger partial charge in [-0.15, -0.1) is 0 Å². The largest absolute Gasteiger partial charge is 0.445 e. The maximum atomic E-state index is 12.9. The minimum atomic E-state index is -1.19. The lowest BCUT2D eigenvalue weighted by molar-refractivity contribution is -0.224. The molecule has 1 saturated heterocycles. The molecule has 2 aliphatic heterocycles. The zero-order chi connectivity index (χ0) is 33.6. The first-order valence-corrected chi connectivity index (χ1v) is 15.9. The van der Waals surface area contributed by atoms with Crippen LogP contribution in [0.25, 0.3) is 0 Å². The molecule has 15 nitrogen and oxygen atoms in total. The van der Waals surface area contributed by atoms with E-state index < -0.39 is 23.3 Å². The first kappa shape index (κ1) is 35.5. The molecule has 1 aliphatic carbocycles. The fourth-order valence-corrected chi connectivity index (χ4v) is 5.26. The van der Waals surface area contributed by atoms with Crippen molar-refractivity contribution in [1.82, 2.24) is 20.9 Å². The Hall–Kier alpha value is -4.34. The summed E-state index contributed by atoms with van der Waals surface area (Å²) < 4.78 is 21.4. The molecule has 4 rings (SSSR count). The van der Waals surface area contributed by atoms with Gasteiger partial charge in [0.05, 0.1) is 25.9 Å². The normalized spacial score (nSPS) is 19.9. The van der Waals surface area contributed by atoms with Gasteiger partial charge in [-0.05, 0) is 56.2 Å². The van der Waals surface area contributed by atoms with Gasteiger partial charge in [0.1, 0.15) is 12.0 Å². The molecule has 2 atom stereocenters. The lowest BCUT2D eigenvalue weighted by Crippen LogP contribution is -2.56. The Morgan fingerprint density at radius 2 is 1.62 bits per heavy atom. The van der Waals surface area contributed by atoms with E-state index >= 15 is 0 Å². The van der Waals surface area contributed by atoms with E-state index in [9.17, 15) is 28.8 Å². The molecule has 1 saturated carbocycles. The Kier molecular flexibility index (Phi) is 13.3. The zero-order valence-corrected chi connectivity index (χ0v) is 26.5. The van der Waals surface area contributed by atoms with Crippen LogP contribution in [0.5, 0.6) is 0 Å². The molecule has 0 bridgehead atoms. The second-order valence-corrected chi connectivity index (χ2v) is 11.6. The molecule has 6 amide bonds. The molecule has 1 aromatic rings. The zero-order valence-electron chi connectivity index (χ0n) is 26.5. The van der Waals surface area contributed by atoms with Crippen molar-refractivity contribution < 1.29 is 47.7 Å². The number of carbonyl (C=O) groups excluding carboxylic acids is 6. The van der Waals surface area contributed by atoms with Crippen LogP contribution in [-0.2, 0) is 49.5 Å². The van der Waals surface area contributed by atoms with Crippen LogP contribution in [-0.4, -0.2) is 99.4 Å². The monoisotopic (exact) mass is 657 g/mol. The number of benzene rings is 1. The third kappa shape index (κ3) is 10.3. The number of nitrogens with zero attached hydrogens (tertiary/aromatic N) is 1. The van der Waals surface area contributed by atoms with Crippen LogP contribution in [0.3, 0.4) is 0 Å². The van der Waals surface area contributed by atoms with E-state index in [1.165, 1.54) is 17.1 Å². The molecule has 256 valence electrons. The molecule has 2 heterocycles. The Bertz CT molecular complexity index is 1290. The van der Waals surface area contributed by atoms with Crippen molar-refractivity contribution in [2.24, 2.45) is 5.41 Å². The van der Waals surface area contributed by atoms with Crippen LogP contribution >= 0.6 is 0 Å². The Morgan fingerprint density at radius 1 is 0.894 bits per heavy atom. The molecule has 0 aromatic heterocycles. The van der Waals surface area contributed by atoms with Crippen molar-refractivity contribution in [3.63, 3.8) is 0 Å². The minimum Gasteiger partial charge on any atom is -0.445 e. The second-order valence-electron chi connectivity index (χ2n) is 11.6. The van der Waals surface area contributed by atoms with Gasteiger partial charge in [0.25, 0.3) is 11.8 Å². The highest BCUT2D eigenvalue weighted by Crippen LogP contribution is 2.41. The summed E-state index contributed by atoms with van der Waals surface area (Å²) in [4.78, 5) is 74.7. The lowest BCUT2D eigenvalue weighted by atomic mass is 9.67. The fourth-order valence-electron chi connectivity index (χ4n) is 5.26. The van der Waals surface area contributed by atoms with Crippen LogP contribution in [0.4, 0.5) is 10.5 Å². The van der Waals surface area contributed by atoms with E-state index in [0.717, 1.165) is 6.42 Å². The quantitative estimate of drug-likeness (QED) is 0.107. The number of rotatable bonds is 17. The van der Waals surface area contributed by atoms with Gasteiger partial charge in [-0.2, -0.15) is 0 Å². The van der Waals surface area contributed by atoms with Crippen LogP contribution < -0.4 is 21.3 Å². The molecule has 1 aromatic carbocycles. The molecule has 4 N–H and O–H groups in total. The van der Waals surface area contributed by atoms with Crippen molar-refractivity contribution in [3.8, 4) is 0 Å². The molecule has 2 fully saturated rings. The number of nitrogens with one attached hydrogen (secondary N) is 4. The van der Waals surface area contributed by atoms with Gasteiger partial charge in [0.2, 0.25) is 17.7 Å². The van der Waals surface area contributed by atoms with Gasteiger partial charge in [0, 0.05) is 44.6 Å². The topological polar surface area (TPSA) is 191 Å². The summed E-state index contributed by atoms with van der Waals surface area (Å²) in [5, 5.41) is 10.8. The van der Waals surface area contributed by atoms with Crippen molar-refractivity contribution in [2.75, 3.05) is 51.8 Å². The molecule has 3 aliphatic rings. The van der Waals surface area contributed by atoms with Gasteiger partial charge >= 0.3 is 6.09 Å². The number of hydrogen-bond acceptors (Lipinski definition) is 10. The summed E-state index contributed by atoms with van der Waals surface area (Å²) in [5.74, 6) is -1.93. The van der Waals surface area contributed by atoms with E-state index in [2.05, 4.69) is 21.3 Å². The number of hydrogen-bond donors (Lipinski definition) is 4. The average Bonchev–Trinajstić information content (AvgIpc) is 3.37. The number of unbranched alkanes of at least 4 members (excludes halogenated alkanes) is 2. The van der Waals surface area contributed by atoms with Crippen LogP contribution in [0.15, 0.2) is 36.4 Å². The van der Waals surface area contributed by atoms with Crippen LogP contribution in [0, 0.1) is 5.41 Å². The molecule has 0 spiro atoms. The van der Waals surface area contributed by atoms with E-state index in [-0.39, 0.29) is 43.3 Å². The number of imide groups is 1. The summed E-state index contributed by atoms with van der Waals surface area (Å²) in [5.41, 5.74) is 0.0156. The molecule has 2 unspecified atom stereocenters. The highest BCUT2D eigenvalue weighted by molar-refractivity contribution is 6.12. The first-order valence-electron chi connectivity index (χ1n) is 15.9. The minimum absolute atomic E-state index is 0.0388. The predicted molar refractivity (Wildman–Crippen MR) is 166 cm³/mol. The summed E-state index contributed by atoms with van der Waals surface area (Å²) in [6.45, 7) is 1.53. The number of ether oxygens (including phenoxy) is 4. The smallest absolute Gasteiger partial charge is 0.407 e. The molecule has 15 heteroatoms. The lowest BCUT2D eigenvalue weighted by Gasteiger charge is -2.38. The van der Waals surface area contributed by atoms with E-state index in [0.29, 0.717) is 82.6 Å². The Balaban J connectivity index is 1.08. The van der Waals surface area contributed by atoms with E-state index in [4.69, 9.17) is 18.9 Å². The van der Waals surface area contributed by atoms with Crippen molar-refractivity contribution >= 4 is 41.3 Å². The van der Waals surface area contributed by atoms with Gasteiger partial charge in [-0.25, -0.2) is 4.79 Å². The number of anilines is 1. The van der Waals surface area contributed by atoms with Crippen molar-refractivity contribution in [3.05, 3.63) is 42.0 Å². The standard InChI is InChI=1S/C32H43N5O10/c1-44-28-21-45-24(20-46-28)12-16-34-31(43)47-19-22-6-8-23(9-7-22)36-25(38)18-35-30(42)32(13-5-14-32)29(41)33-15-3-2-4-17-37-26(39)10-11-27(37)40/h6-11,24,28H,2-5,12-21H2,1H3,(H,33,41)(H,34,43)(H,35,42)(H,36,38). The van der Waals surface area contributed by atoms with Gasteiger partial charge < -0.3 is 40.2 Å². The molecule has 47 heavy (non-hydrogen) atoms. The second kappa shape index (κ2) is 17.5. The van der Waals surface area contributed by atoms with Gasteiger partial charge in [-0.3, -0.25) is 28.9 Å². The average molecular weight is 658 g/mol. The van der Waals surface area contributed by atoms with E-state index in [1.807, 2.05) is 0 Å². The van der Waals surface area contributed by atoms with Crippen LogP contribution in [0.2, 0.25) is 0 Å². The summed E-state index contributed by atoms with van der Waals surface area (Å²) in [6.07, 6.45) is 5.51. The van der Waals surface area contributed by atoms with Crippen molar-refractivity contribution in [2.45, 2.75) is 63.9 Å². The number of amides is 6. The SMILES string of the molecule is COC1COC(CCNC(=O)OCc2ccc(NC(=O)CNC(=O)C3(C(=O)NCCCCCN4C(=O)C=CC4=O)CCC3)cc2)CO1. The Labute approximate surface area is 273 Å². The number of carbonyl (C=O) groups is 6. The van der Waals surface area contributed by atoms with Crippen molar-refractivity contribution in [1.29, 1.82) is 0 Å². The van der Waals surface area contributed by atoms with Gasteiger partial charge in [-0.1, -0.05) is 18.6 Å². The van der Waals surface area contributed by atoms with Crippen LogP contribution in [0.1, 0.15) is 50.5 Å². The fraction of sp³-hybridized carbons (Fsp3) is 0.562. The van der Waals surface area contributed by atoms with Gasteiger partial charge in [0.15, 0.2) is 6.29 Å². The maximum Gasteiger partial charge on any atom is 0.407 e. The summed E-state index contributed by atoms with van der Waals surface area (Å²) >= 11 is 0. The highest BCUT2D eigenvalue weighted by atomic mass is 16.7. The number of methoxy groups -OCH3 is 1. The number of alkyl carbamates (subject to hydrolysis) is 1. The molecular formula is C32H43N5O10. The third-order valence-corrected chi connectivity index (χ3v) is 8.27. The first-order chi connectivity index (χ1) is 22.7. The van der Waals surface area contributed by atoms with E-state index in [1.54, 1.807) is 31.4 Å².